The third-order valence-corrected chi connectivity index (χ3v) is 22.6. The molecule has 0 spiro atoms. The molecule has 208 valence electrons. The Labute approximate surface area is 219 Å². The molecule has 9 heteroatoms. The van der Waals surface area contributed by atoms with Crippen LogP contribution in [0.1, 0.15) is 75.2 Å². The summed E-state index contributed by atoms with van der Waals surface area (Å²) in [6, 6.07) is 0. The normalized spacial score (nSPS) is 27.6. The van der Waals surface area contributed by atoms with Gasteiger partial charge in [0, 0.05) is 12.8 Å². The highest BCUT2D eigenvalue weighted by Crippen LogP contribution is 2.47. The second-order valence-electron chi connectivity index (χ2n) is 15.1. The van der Waals surface area contributed by atoms with Gasteiger partial charge < -0.3 is 23.1 Å². The summed E-state index contributed by atoms with van der Waals surface area (Å²) in [5.74, 6) is -0.629. The molecule has 1 fully saturated rings. The first kappa shape index (κ1) is 33.0. The van der Waals surface area contributed by atoms with Gasteiger partial charge in [0.05, 0.1) is 25.4 Å². The maximum atomic E-state index is 12.9. The number of carbonyl (C=O) groups is 1. The van der Waals surface area contributed by atoms with Crippen LogP contribution in [-0.4, -0.2) is 67.1 Å². The van der Waals surface area contributed by atoms with Gasteiger partial charge in [-0.05, 0) is 54.4 Å². The molecule has 0 bridgehead atoms. The summed E-state index contributed by atoms with van der Waals surface area (Å²) >= 11 is 0. The van der Waals surface area contributed by atoms with Crippen molar-refractivity contribution >= 4 is 30.9 Å². The molecule has 1 rings (SSSR count). The van der Waals surface area contributed by atoms with Crippen molar-refractivity contribution in [3.05, 3.63) is 0 Å². The molecule has 1 aliphatic carbocycles. The van der Waals surface area contributed by atoms with Gasteiger partial charge in [0.15, 0.2) is 30.6 Å². The monoisotopic (exact) mass is 548 g/mol. The smallest absolute Gasteiger partial charge is 0.338 e. The van der Waals surface area contributed by atoms with Crippen molar-refractivity contribution in [2.75, 3.05) is 7.11 Å². The van der Waals surface area contributed by atoms with Crippen LogP contribution < -0.4 is 0 Å². The van der Waals surface area contributed by atoms with Crippen LogP contribution >= 0.6 is 0 Å². The highest BCUT2D eigenvalue weighted by Gasteiger charge is 2.57. The standard InChI is InChI=1S/C26H56O6Si3/c1-23(2,3)33(11,12)30-19-17-26(28,22(27)29-10)18-20(31-34(13,14)24(4,5)6)21(19)32-35(15,16)25(7,8)9/h19-21,28H,17-18H2,1-16H3/t19-,20-,21?,26?/m1/s1. The predicted molar refractivity (Wildman–Crippen MR) is 152 cm³/mol. The molecule has 0 saturated heterocycles. The minimum absolute atomic E-state index is 0.00779. The van der Waals surface area contributed by atoms with E-state index in [2.05, 4.69) is 102 Å². The maximum absolute atomic E-state index is 12.9. The molecule has 35 heavy (non-hydrogen) atoms. The Bertz CT molecular complexity index is 706. The number of rotatable bonds is 7. The number of hydrogen-bond acceptors (Lipinski definition) is 6. The summed E-state index contributed by atoms with van der Waals surface area (Å²) in [5, 5.41) is 11.5. The first-order valence-electron chi connectivity index (χ1n) is 13.0. The van der Waals surface area contributed by atoms with Gasteiger partial charge in [-0.3, -0.25) is 0 Å². The van der Waals surface area contributed by atoms with Crippen LogP contribution in [0.4, 0.5) is 0 Å². The fourth-order valence-corrected chi connectivity index (χ4v) is 7.57. The summed E-state index contributed by atoms with van der Waals surface area (Å²) in [6.07, 6.45) is -1.04. The average Bonchev–Trinajstić information content (AvgIpc) is 2.60. The Morgan fingerprint density at radius 1 is 0.686 bits per heavy atom. The van der Waals surface area contributed by atoms with Gasteiger partial charge in [-0.2, -0.15) is 0 Å². The van der Waals surface area contributed by atoms with E-state index < -0.39 is 48.7 Å². The SMILES string of the molecule is COC(=O)C1(O)C[C@@H](O[Si](C)(C)C(C)(C)C)C(O[Si](C)(C)C(C)(C)C)[C@H](O[Si](C)(C)C(C)(C)C)C1. The van der Waals surface area contributed by atoms with E-state index in [1.807, 2.05) is 0 Å². The van der Waals surface area contributed by atoms with Crippen LogP contribution in [0.15, 0.2) is 0 Å². The highest BCUT2D eigenvalue weighted by molar-refractivity contribution is 6.75. The average molecular weight is 549 g/mol. The lowest BCUT2D eigenvalue weighted by atomic mass is 9.79. The van der Waals surface area contributed by atoms with Gasteiger partial charge in [0.2, 0.25) is 0 Å². The lowest BCUT2D eigenvalue weighted by molar-refractivity contribution is -0.185. The van der Waals surface area contributed by atoms with Crippen molar-refractivity contribution in [2.24, 2.45) is 0 Å². The number of aliphatic hydroxyl groups is 1. The summed E-state index contributed by atoms with van der Waals surface area (Å²) in [6.45, 7) is 33.1. The lowest BCUT2D eigenvalue weighted by Gasteiger charge is -2.53. The quantitative estimate of drug-likeness (QED) is 0.277. The van der Waals surface area contributed by atoms with Crippen LogP contribution in [0.25, 0.3) is 0 Å². The van der Waals surface area contributed by atoms with Gasteiger partial charge >= 0.3 is 5.97 Å². The van der Waals surface area contributed by atoms with E-state index in [1.165, 1.54) is 7.11 Å². The maximum Gasteiger partial charge on any atom is 0.338 e. The first-order valence-corrected chi connectivity index (χ1v) is 21.8. The molecule has 0 radical (unpaired) electrons. The van der Waals surface area contributed by atoms with Crippen LogP contribution in [0.5, 0.6) is 0 Å². The van der Waals surface area contributed by atoms with Crippen molar-refractivity contribution in [3.63, 3.8) is 0 Å². The van der Waals surface area contributed by atoms with Gasteiger partial charge in [0.1, 0.15) is 0 Å². The minimum Gasteiger partial charge on any atom is -0.467 e. The topological polar surface area (TPSA) is 74.2 Å². The second kappa shape index (κ2) is 10.3. The number of carbonyl (C=O) groups excluding carboxylic acids is 1. The Kier molecular flexibility index (Phi) is 9.67. The molecule has 0 amide bonds. The fourth-order valence-electron chi connectivity index (χ4n) is 3.57. The summed E-state index contributed by atoms with van der Waals surface area (Å²) < 4.78 is 26.0. The van der Waals surface area contributed by atoms with E-state index >= 15 is 0 Å². The Morgan fingerprint density at radius 2 is 0.971 bits per heavy atom. The Balaban J connectivity index is 3.68. The van der Waals surface area contributed by atoms with Crippen molar-refractivity contribution in [1.29, 1.82) is 0 Å². The van der Waals surface area contributed by atoms with E-state index in [0.29, 0.717) is 0 Å². The van der Waals surface area contributed by atoms with Gasteiger partial charge in [-0.1, -0.05) is 62.3 Å². The Morgan fingerprint density at radius 3 is 1.23 bits per heavy atom. The predicted octanol–water partition coefficient (Wildman–Crippen LogP) is 6.86. The zero-order chi connectivity index (χ0) is 28.1. The number of ether oxygens (including phenoxy) is 1. The number of esters is 1. The van der Waals surface area contributed by atoms with Crippen molar-refractivity contribution in [1.82, 2.24) is 0 Å². The second-order valence-corrected chi connectivity index (χ2v) is 29.4. The molecule has 0 aliphatic heterocycles. The molecule has 1 aliphatic rings. The van der Waals surface area contributed by atoms with Crippen molar-refractivity contribution < 1.29 is 27.9 Å². The lowest BCUT2D eigenvalue weighted by Crippen LogP contribution is -2.65. The van der Waals surface area contributed by atoms with E-state index in [0.717, 1.165) is 0 Å². The molecule has 1 saturated carbocycles. The third kappa shape index (κ3) is 7.51. The van der Waals surface area contributed by atoms with Crippen LogP contribution in [0.3, 0.4) is 0 Å². The zero-order valence-electron chi connectivity index (χ0n) is 25.6. The molecule has 2 atom stereocenters. The molecule has 6 nitrogen and oxygen atoms in total. The molecular weight excluding hydrogens is 493 g/mol. The van der Waals surface area contributed by atoms with E-state index in [9.17, 15) is 9.90 Å². The van der Waals surface area contributed by atoms with Crippen molar-refractivity contribution in [3.8, 4) is 0 Å². The van der Waals surface area contributed by atoms with Gasteiger partial charge in [0.25, 0.3) is 0 Å². The molecule has 0 aromatic rings. The summed E-state index contributed by atoms with van der Waals surface area (Å²) in [4.78, 5) is 12.9. The number of methoxy groups -OCH3 is 1. The van der Waals surface area contributed by atoms with Crippen LogP contribution in [0.2, 0.25) is 54.4 Å². The van der Waals surface area contributed by atoms with Gasteiger partial charge in [-0.15, -0.1) is 0 Å². The van der Waals surface area contributed by atoms with Gasteiger partial charge in [-0.25, -0.2) is 4.79 Å². The van der Waals surface area contributed by atoms with E-state index in [1.54, 1.807) is 0 Å². The Hall–Kier alpha value is -0.0394. The van der Waals surface area contributed by atoms with Crippen molar-refractivity contribution in [2.45, 2.75) is 153 Å². The highest BCUT2D eigenvalue weighted by atomic mass is 28.4. The zero-order valence-corrected chi connectivity index (χ0v) is 28.6. The molecule has 0 aromatic heterocycles. The molecular formula is C26H56O6Si3. The molecule has 0 heterocycles. The van der Waals surface area contributed by atoms with Crippen LogP contribution in [0, 0.1) is 0 Å². The largest absolute Gasteiger partial charge is 0.467 e. The fraction of sp³-hybridized carbons (Fsp3) is 0.962. The van der Waals surface area contributed by atoms with E-state index in [-0.39, 0.29) is 34.1 Å². The molecule has 1 N–H and O–H groups in total. The molecule has 0 aromatic carbocycles. The first-order chi connectivity index (χ1) is 15.2. The number of hydrogen-bond donors (Lipinski definition) is 1. The van der Waals surface area contributed by atoms with E-state index in [4.69, 9.17) is 18.0 Å². The molecule has 0 unspecified atom stereocenters. The van der Waals surface area contributed by atoms with Crippen LogP contribution in [-0.2, 0) is 22.8 Å². The summed E-state index contributed by atoms with van der Waals surface area (Å²) in [7, 11) is -5.42. The summed E-state index contributed by atoms with van der Waals surface area (Å²) in [5.41, 5.74) is -1.68. The minimum atomic E-state index is -2.26. The third-order valence-electron chi connectivity index (χ3n) is 9.12.